The molecule has 1 saturated carbocycles. The van der Waals surface area contributed by atoms with E-state index in [0.29, 0.717) is 18.3 Å². The van der Waals surface area contributed by atoms with E-state index < -0.39 is 0 Å². The molecule has 15 heavy (non-hydrogen) atoms. The normalized spacial score (nSPS) is 28.9. The molecule has 1 saturated heterocycles. The van der Waals surface area contributed by atoms with Gasteiger partial charge in [0.25, 0.3) is 0 Å². The molecule has 0 aromatic carbocycles. The van der Waals surface area contributed by atoms with Gasteiger partial charge in [-0.05, 0) is 36.5 Å². The third-order valence-corrected chi connectivity index (χ3v) is 4.01. The van der Waals surface area contributed by atoms with E-state index in [4.69, 9.17) is 0 Å². The number of imide groups is 1. The van der Waals surface area contributed by atoms with Crippen molar-refractivity contribution >= 4 is 11.8 Å². The molecule has 0 aromatic heterocycles. The predicted octanol–water partition coefficient (Wildman–Crippen LogP) is 2.01. The number of amides is 2. The zero-order valence-electron chi connectivity index (χ0n) is 9.56. The van der Waals surface area contributed by atoms with Crippen LogP contribution >= 0.6 is 0 Å². The van der Waals surface area contributed by atoms with Crippen LogP contribution in [0.25, 0.3) is 0 Å². The lowest BCUT2D eigenvalue weighted by Gasteiger charge is -2.44. The summed E-state index contributed by atoms with van der Waals surface area (Å²) in [6.07, 6.45) is 5.42. The van der Waals surface area contributed by atoms with Gasteiger partial charge in [0.15, 0.2) is 0 Å². The zero-order chi connectivity index (χ0) is 11.1. The van der Waals surface area contributed by atoms with Crippen molar-refractivity contribution in [1.29, 1.82) is 0 Å². The molecule has 2 rings (SSSR count). The Morgan fingerprint density at radius 1 is 0.933 bits per heavy atom. The first-order chi connectivity index (χ1) is 6.91. The van der Waals surface area contributed by atoms with Gasteiger partial charge in [0.05, 0.1) is 0 Å². The lowest BCUT2D eigenvalue weighted by atomic mass is 9.61. The lowest BCUT2D eigenvalue weighted by Crippen LogP contribution is -2.46. The van der Waals surface area contributed by atoms with Crippen molar-refractivity contribution in [2.24, 2.45) is 10.8 Å². The minimum Gasteiger partial charge on any atom is -0.296 e. The molecule has 3 nitrogen and oxygen atoms in total. The molecular weight excluding hydrogens is 190 g/mol. The predicted molar refractivity (Wildman–Crippen MR) is 57.1 cm³/mol. The molecule has 1 spiro atoms. The summed E-state index contributed by atoms with van der Waals surface area (Å²) in [5, 5.41) is 2.39. The number of hydrogen-bond donors (Lipinski definition) is 1. The van der Waals surface area contributed by atoms with E-state index in [1.165, 1.54) is 0 Å². The van der Waals surface area contributed by atoms with Gasteiger partial charge in [0.2, 0.25) is 11.8 Å². The highest BCUT2D eigenvalue weighted by Crippen LogP contribution is 2.49. The summed E-state index contributed by atoms with van der Waals surface area (Å²) in [6.45, 7) is 4.54. The molecular formula is C12H19NO2. The largest absolute Gasteiger partial charge is 0.296 e. The van der Waals surface area contributed by atoms with Crippen molar-refractivity contribution in [3.63, 3.8) is 0 Å². The lowest BCUT2D eigenvalue weighted by molar-refractivity contribution is -0.139. The van der Waals surface area contributed by atoms with Crippen molar-refractivity contribution in [2.45, 2.75) is 52.4 Å². The van der Waals surface area contributed by atoms with Gasteiger partial charge in [-0.2, -0.15) is 0 Å². The van der Waals surface area contributed by atoms with Gasteiger partial charge in [0.1, 0.15) is 0 Å². The Morgan fingerprint density at radius 3 is 1.87 bits per heavy atom. The van der Waals surface area contributed by atoms with Crippen molar-refractivity contribution < 1.29 is 9.59 Å². The van der Waals surface area contributed by atoms with Crippen molar-refractivity contribution in [3.05, 3.63) is 0 Å². The summed E-state index contributed by atoms with van der Waals surface area (Å²) < 4.78 is 0. The van der Waals surface area contributed by atoms with Crippen LogP contribution in [0.2, 0.25) is 0 Å². The van der Waals surface area contributed by atoms with E-state index in [1.54, 1.807) is 0 Å². The first-order valence-electron chi connectivity index (χ1n) is 5.74. The summed E-state index contributed by atoms with van der Waals surface area (Å²) in [7, 11) is 0. The van der Waals surface area contributed by atoms with E-state index in [0.717, 1.165) is 25.7 Å². The van der Waals surface area contributed by atoms with Crippen LogP contribution in [0.1, 0.15) is 52.4 Å². The average Bonchev–Trinajstić information content (AvgIpc) is 2.10. The van der Waals surface area contributed by atoms with Crippen LogP contribution in [0.4, 0.5) is 0 Å². The molecule has 0 aromatic rings. The highest BCUT2D eigenvalue weighted by atomic mass is 16.2. The Bertz CT molecular complexity index is 279. The van der Waals surface area contributed by atoms with Gasteiger partial charge in [-0.1, -0.05) is 13.8 Å². The van der Waals surface area contributed by atoms with Crippen LogP contribution < -0.4 is 5.32 Å². The molecule has 1 heterocycles. The summed E-state index contributed by atoms with van der Waals surface area (Å²) in [4.78, 5) is 22.8. The van der Waals surface area contributed by atoms with Gasteiger partial charge < -0.3 is 0 Å². The van der Waals surface area contributed by atoms with Gasteiger partial charge in [-0.15, -0.1) is 0 Å². The van der Waals surface area contributed by atoms with Crippen LogP contribution in [0.15, 0.2) is 0 Å². The Hall–Kier alpha value is -0.860. The molecule has 2 amide bonds. The topological polar surface area (TPSA) is 46.2 Å². The minimum atomic E-state index is -0.0778. The number of carbonyl (C=O) groups is 2. The highest BCUT2D eigenvalue weighted by Gasteiger charge is 2.43. The number of carbonyl (C=O) groups excluding carboxylic acids is 2. The van der Waals surface area contributed by atoms with Crippen molar-refractivity contribution in [2.75, 3.05) is 0 Å². The Kier molecular flexibility index (Phi) is 2.36. The summed E-state index contributed by atoms with van der Waals surface area (Å²) >= 11 is 0. The monoisotopic (exact) mass is 209 g/mol. The van der Waals surface area contributed by atoms with E-state index in [-0.39, 0.29) is 17.2 Å². The van der Waals surface area contributed by atoms with Crippen molar-refractivity contribution in [3.8, 4) is 0 Å². The van der Waals surface area contributed by atoms with Crippen LogP contribution in [0.5, 0.6) is 0 Å². The molecule has 0 bridgehead atoms. The molecule has 0 unspecified atom stereocenters. The molecule has 84 valence electrons. The molecule has 2 fully saturated rings. The van der Waals surface area contributed by atoms with Crippen LogP contribution in [-0.4, -0.2) is 11.8 Å². The number of nitrogens with one attached hydrogen (secondary N) is 1. The number of rotatable bonds is 0. The fraction of sp³-hybridized carbons (Fsp3) is 0.833. The van der Waals surface area contributed by atoms with Crippen LogP contribution in [-0.2, 0) is 9.59 Å². The second kappa shape index (κ2) is 3.32. The molecule has 3 heteroatoms. The van der Waals surface area contributed by atoms with Gasteiger partial charge in [0, 0.05) is 12.8 Å². The molecule has 1 aliphatic carbocycles. The third-order valence-electron chi connectivity index (χ3n) is 4.01. The summed E-state index contributed by atoms with van der Waals surface area (Å²) in [5.74, 6) is -0.156. The molecule has 0 radical (unpaired) electrons. The maximum atomic E-state index is 11.4. The van der Waals surface area contributed by atoms with E-state index >= 15 is 0 Å². The molecule has 1 aliphatic heterocycles. The molecule has 1 N–H and O–H groups in total. The van der Waals surface area contributed by atoms with E-state index in [1.807, 2.05) is 0 Å². The average molecular weight is 209 g/mol. The van der Waals surface area contributed by atoms with Gasteiger partial charge >= 0.3 is 0 Å². The maximum Gasteiger partial charge on any atom is 0.227 e. The highest BCUT2D eigenvalue weighted by molar-refractivity contribution is 5.98. The Labute approximate surface area is 90.6 Å². The zero-order valence-corrected chi connectivity index (χ0v) is 9.56. The minimum absolute atomic E-state index is 0.00502. The van der Waals surface area contributed by atoms with Gasteiger partial charge in [-0.25, -0.2) is 0 Å². The summed E-state index contributed by atoms with van der Waals surface area (Å²) in [6, 6.07) is 0. The summed E-state index contributed by atoms with van der Waals surface area (Å²) in [5.41, 5.74) is 0.386. The van der Waals surface area contributed by atoms with Crippen LogP contribution in [0, 0.1) is 10.8 Å². The second-order valence-electron chi connectivity index (χ2n) is 5.99. The Morgan fingerprint density at radius 2 is 1.40 bits per heavy atom. The fourth-order valence-electron chi connectivity index (χ4n) is 2.80. The molecule has 2 aliphatic rings. The third kappa shape index (κ3) is 2.21. The number of hydrogen-bond acceptors (Lipinski definition) is 2. The fourth-order valence-corrected chi connectivity index (χ4v) is 2.80. The first-order valence-corrected chi connectivity index (χ1v) is 5.74. The smallest absolute Gasteiger partial charge is 0.227 e. The molecule has 0 atom stereocenters. The maximum absolute atomic E-state index is 11.4. The second-order valence-corrected chi connectivity index (χ2v) is 5.99. The van der Waals surface area contributed by atoms with E-state index in [2.05, 4.69) is 19.2 Å². The van der Waals surface area contributed by atoms with Gasteiger partial charge in [-0.3, -0.25) is 14.9 Å². The Balaban J connectivity index is 2.08. The first kappa shape index (κ1) is 10.7. The van der Waals surface area contributed by atoms with Crippen molar-refractivity contribution in [1.82, 2.24) is 5.32 Å². The van der Waals surface area contributed by atoms with E-state index in [9.17, 15) is 9.59 Å². The quantitative estimate of drug-likeness (QED) is 0.620. The number of piperidine rings is 1. The standard InChI is InChI=1S/C12H19NO2/c1-11(2)3-5-12(6-4-11)7-9(14)13-10(15)8-12/h3-8H2,1-2H3,(H,13,14,15). The SMILES string of the molecule is CC1(C)CCC2(CC1)CC(=O)NC(=O)C2. The van der Waals surface area contributed by atoms with Crippen LogP contribution in [0.3, 0.4) is 0 Å².